The van der Waals surface area contributed by atoms with Crippen molar-refractivity contribution in [2.24, 2.45) is 7.05 Å². The van der Waals surface area contributed by atoms with Crippen molar-refractivity contribution in [3.8, 4) is 0 Å². The van der Waals surface area contributed by atoms with Gasteiger partial charge in [-0.2, -0.15) is 10.2 Å². The van der Waals surface area contributed by atoms with E-state index in [9.17, 15) is 5.11 Å². The molecule has 0 amide bonds. The molecule has 1 saturated carbocycles. The van der Waals surface area contributed by atoms with E-state index in [0.29, 0.717) is 12.6 Å². The standard InChI is InChI=1S/C20H27N5O2/c1-20(2,26)13-8-9-18-15(10-13)19(23-25(18)14-6-5-7-14)21-16-11-24(3)22-17(16)12-27-4/h8-11,14,26H,5-7,12H2,1-4H3,(H,21,23). The molecule has 2 heterocycles. The van der Waals surface area contributed by atoms with Gasteiger partial charge >= 0.3 is 0 Å². The molecule has 1 aromatic carbocycles. The van der Waals surface area contributed by atoms with Gasteiger partial charge in [0.25, 0.3) is 0 Å². The fraction of sp³-hybridized carbons (Fsp3) is 0.500. The van der Waals surface area contributed by atoms with Gasteiger partial charge < -0.3 is 15.2 Å². The third-order valence-electron chi connectivity index (χ3n) is 5.27. The molecule has 27 heavy (non-hydrogen) atoms. The zero-order valence-electron chi connectivity index (χ0n) is 16.4. The van der Waals surface area contributed by atoms with Crippen LogP contribution in [0, 0.1) is 0 Å². The summed E-state index contributed by atoms with van der Waals surface area (Å²) in [4.78, 5) is 0. The molecule has 2 aromatic heterocycles. The van der Waals surface area contributed by atoms with Crippen molar-refractivity contribution < 1.29 is 9.84 Å². The minimum Gasteiger partial charge on any atom is -0.386 e. The molecular formula is C20H27N5O2. The molecule has 1 fully saturated rings. The van der Waals surface area contributed by atoms with Gasteiger partial charge in [-0.05, 0) is 50.8 Å². The van der Waals surface area contributed by atoms with Crippen LogP contribution in [0.5, 0.6) is 0 Å². The van der Waals surface area contributed by atoms with Gasteiger partial charge in [0.1, 0.15) is 5.69 Å². The molecule has 0 bridgehead atoms. The highest BCUT2D eigenvalue weighted by Crippen LogP contribution is 2.38. The molecule has 0 saturated heterocycles. The number of rotatable bonds is 6. The number of hydrogen-bond donors (Lipinski definition) is 2. The number of anilines is 2. The third kappa shape index (κ3) is 3.33. The number of aliphatic hydroxyl groups is 1. The molecule has 1 aliphatic rings. The largest absolute Gasteiger partial charge is 0.386 e. The molecule has 3 aromatic rings. The number of aromatic nitrogens is 4. The molecule has 7 nitrogen and oxygen atoms in total. The maximum atomic E-state index is 10.4. The average molecular weight is 369 g/mol. The van der Waals surface area contributed by atoms with E-state index in [-0.39, 0.29) is 0 Å². The second-order valence-corrected chi connectivity index (χ2v) is 7.89. The molecule has 0 spiro atoms. The molecule has 4 rings (SSSR count). The Bertz CT molecular complexity index is 963. The SMILES string of the molecule is COCc1nn(C)cc1Nc1nn(C2CCC2)c2ccc(C(C)(C)O)cc12. The number of methoxy groups -OCH3 is 1. The number of fused-ring (bicyclic) bond motifs is 1. The Morgan fingerprint density at radius 3 is 2.70 bits per heavy atom. The smallest absolute Gasteiger partial charge is 0.160 e. The third-order valence-corrected chi connectivity index (χ3v) is 5.27. The van der Waals surface area contributed by atoms with Crippen molar-refractivity contribution >= 4 is 22.4 Å². The molecule has 0 unspecified atom stereocenters. The second kappa shape index (κ2) is 6.65. The summed E-state index contributed by atoms with van der Waals surface area (Å²) in [5.41, 5.74) is 2.78. The second-order valence-electron chi connectivity index (χ2n) is 7.89. The van der Waals surface area contributed by atoms with Gasteiger partial charge in [-0.1, -0.05) is 6.07 Å². The van der Waals surface area contributed by atoms with Gasteiger partial charge in [0, 0.05) is 25.7 Å². The van der Waals surface area contributed by atoms with E-state index >= 15 is 0 Å². The zero-order chi connectivity index (χ0) is 19.2. The fourth-order valence-electron chi connectivity index (χ4n) is 3.53. The van der Waals surface area contributed by atoms with E-state index < -0.39 is 5.60 Å². The average Bonchev–Trinajstić information content (AvgIpc) is 3.07. The van der Waals surface area contributed by atoms with Crippen molar-refractivity contribution in [3.05, 3.63) is 35.7 Å². The van der Waals surface area contributed by atoms with Crippen LogP contribution in [-0.4, -0.2) is 31.8 Å². The Morgan fingerprint density at radius 2 is 2.07 bits per heavy atom. The molecule has 1 aliphatic carbocycles. The number of hydrogen-bond acceptors (Lipinski definition) is 5. The van der Waals surface area contributed by atoms with E-state index in [2.05, 4.69) is 21.2 Å². The summed E-state index contributed by atoms with van der Waals surface area (Å²) in [6, 6.07) is 6.54. The normalized spacial score (nSPS) is 15.3. The molecule has 0 atom stereocenters. The van der Waals surface area contributed by atoms with E-state index in [4.69, 9.17) is 9.84 Å². The Hall–Kier alpha value is -2.38. The van der Waals surface area contributed by atoms with E-state index in [1.165, 1.54) is 6.42 Å². The van der Waals surface area contributed by atoms with Crippen molar-refractivity contribution in [2.45, 2.75) is 51.4 Å². The molecular weight excluding hydrogens is 342 g/mol. The van der Waals surface area contributed by atoms with Crippen molar-refractivity contribution in [1.29, 1.82) is 0 Å². The Labute approximate surface area is 158 Å². The van der Waals surface area contributed by atoms with Crippen LogP contribution in [0.3, 0.4) is 0 Å². The summed E-state index contributed by atoms with van der Waals surface area (Å²) < 4.78 is 9.16. The lowest BCUT2D eigenvalue weighted by atomic mass is 9.93. The summed E-state index contributed by atoms with van der Waals surface area (Å²) >= 11 is 0. The van der Waals surface area contributed by atoms with Crippen LogP contribution in [0.25, 0.3) is 10.9 Å². The van der Waals surface area contributed by atoms with Crippen LogP contribution in [0.15, 0.2) is 24.4 Å². The molecule has 144 valence electrons. The van der Waals surface area contributed by atoms with E-state index in [0.717, 1.165) is 46.5 Å². The highest BCUT2D eigenvalue weighted by Gasteiger charge is 2.25. The van der Waals surface area contributed by atoms with Crippen LogP contribution in [0.4, 0.5) is 11.5 Å². The predicted octanol–water partition coefficient (Wildman–Crippen LogP) is 3.61. The first-order chi connectivity index (χ1) is 12.9. The summed E-state index contributed by atoms with van der Waals surface area (Å²) in [6.07, 6.45) is 5.50. The number of nitrogens with zero attached hydrogens (tertiary/aromatic N) is 4. The predicted molar refractivity (Wildman–Crippen MR) is 105 cm³/mol. The number of aryl methyl sites for hydroxylation is 1. The first-order valence-electron chi connectivity index (χ1n) is 9.40. The van der Waals surface area contributed by atoms with Crippen molar-refractivity contribution in [3.63, 3.8) is 0 Å². The number of nitrogens with one attached hydrogen (secondary N) is 1. The Morgan fingerprint density at radius 1 is 1.30 bits per heavy atom. The quantitative estimate of drug-likeness (QED) is 0.694. The Kier molecular flexibility index (Phi) is 4.44. The minimum atomic E-state index is -0.903. The zero-order valence-corrected chi connectivity index (χ0v) is 16.4. The van der Waals surface area contributed by atoms with Crippen LogP contribution >= 0.6 is 0 Å². The maximum Gasteiger partial charge on any atom is 0.160 e. The highest BCUT2D eigenvalue weighted by molar-refractivity contribution is 5.93. The summed E-state index contributed by atoms with van der Waals surface area (Å²) in [6.45, 7) is 4.03. The fourth-order valence-corrected chi connectivity index (χ4v) is 3.53. The Balaban J connectivity index is 1.81. The number of benzene rings is 1. The van der Waals surface area contributed by atoms with Crippen LogP contribution in [0.2, 0.25) is 0 Å². The summed E-state index contributed by atoms with van der Waals surface area (Å²) in [5, 5.41) is 24.2. The van der Waals surface area contributed by atoms with E-state index in [1.54, 1.807) is 25.6 Å². The van der Waals surface area contributed by atoms with Gasteiger partial charge in [-0.15, -0.1) is 0 Å². The lowest BCUT2D eigenvalue weighted by molar-refractivity contribution is 0.0787. The van der Waals surface area contributed by atoms with E-state index in [1.807, 2.05) is 25.4 Å². The summed E-state index contributed by atoms with van der Waals surface area (Å²) in [7, 11) is 3.55. The first kappa shape index (κ1) is 18.0. The van der Waals surface area contributed by atoms with Gasteiger partial charge in [-0.25, -0.2) is 0 Å². The topological polar surface area (TPSA) is 77.1 Å². The lowest BCUT2D eigenvalue weighted by Crippen LogP contribution is -2.18. The van der Waals surface area contributed by atoms with Gasteiger partial charge in [0.15, 0.2) is 5.82 Å². The number of ether oxygens (including phenoxy) is 1. The van der Waals surface area contributed by atoms with Crippen LogP contribution in [-0.2, 0) is 24.0 Å². The minimum absolute atomic E-state index is 0.430. The van der Waals surface area contributed by atoms with Gasteiger partial charge in [-0.3, -0.25) is 9.36 Å². The van der Waals surface area contributed by atoms with Crippen molar-refractivity contribution in [2.75, 3.05) is 12.4 Å². The molecule has 0 radical (unpaired) electrons. The maximum absolute atomic E-state index is 10.4. The first-order valence-corrected chi connectivity index (χ1v) is 9.40. The van der Waals surface area contributed by atoms with Gasteiger partial charge in [0.2, 0.25) is 0 Å². The van der Waals surface area contributed by atoms with Gasteiger partial charge in [0.05, 0.1) is 29.5 Å². The highest BCUT2D eigenvalue weighted by atomic mass is 16.5. The summed E-state index contributed by atoms with van der Waals surface area (Å²) in [5.74, 6) is 0.786. The molecule has 0 aliphatic heterocycles. The van der Waals surface area contributed by atoms with Crippen LogP contribution in [0.1, 0.15) is 50.4 Å². The van der Waals surface area contributed by atoms with Crippen LogP contribution < -0.4 is 5.32 Å². The molecule has 7 heteroatoms. The van der Waals surface area contributed by atoms with Crippen molar-refractivity contribution in [1.82, 2.24) is 19.6 Å². The molecule has 2 N–H and O–H groups in total. The lowest BCUT2D eigenvalue weighted by Gasteiger charge is -2.26. The monoisotopic (exact) mass is 369 g/mol.